The first-order valence-electron chi connectivity index (χ1n) is 13.0. The molecule has 5 aromatic rings. The van der Waals surface area contributed by atoms with Gasteiger partial charge in [-0.15, -0.1) is 5.10 Å². The van der Waals surface area contributed by atoms with E-state index in [0.29, 0.717) is 6.54 Å². The van der Waals surface area contributed by atoms with Crippen LogP contribution in [0, 0.1) is 41.5 Å². The van der Waals surface area contributed by atoms with E-state index >= 15 is 0 Å². The van der Waals surface area contributed by atoms with Gasteiger partial charge in [0.1, 0.15) is 5.69 Å². The molecule has 5 rings (SSSR count). The second kappa shape index (κ2) is 10.2. The van der Waals surface area contributed by atoms with Crippen molar-refractivity contribution in [3.05, 3.63) is 124 Å². The fourth-order valence-corrected chi connectivity index (χ4v) is 5.90. The van der Waals surface area contributed by atoms with Gasteiger partial charge in [-0.1, -0.05) is 134 Å². The summed E-state index contributed by atoms with van der Waals surface area (Å²) in [5, 5.41) is 8.83. The van der Waals surface area contributed by atoms with Gasteiger partial charge in [-0.3, -0.25) is 0 Å². The molecule has 0 aliphatic carbocycles. The van der Waals surface area contributed by atoms with E-state index in [9.17, 15) is 0 Å². The van der Waals surface area contributed by atoms with Crippen molar-refractivity contribution < 1.29 is 0 Å². The van der Waals surface area contributed by atoms with E-state index in [-0.39, 0.29) is 6.71 Å². The van der Waals surface area contributed by atoms with Crippen molar-refractivity contribution in [1.82, 2.24) is 15.0 Å². The van der Waals surface area contributed by atoms with Crippen LogP contribution in [-0.4, -0.2) is 21.7 Å². The average molecular weight is 483 g/mol. The summed E-state index contributed by atoms with van der Waals surface area (Å²) in [5.41, 5.74) is 15.3. The fraction of sp³-hybridized carbons (Fsp3) is 0.212. The Morgan fingerprint density at radius 1 is 0.649 bits per heavy atom. The number of hydrogen-bond acceptors (Lipinski definition) is 2. The molecule has 4 aromatic carbocycles. The van der Waals surface area contributed by atoms with Crippen LogP contribution in [0.1, 0.15) is 38.9 Å². The van der Waals surface area contributed by atoms with Gasteiger partial charge in [0.05, 0.1) is 12.7 Å². The third-order valence-corrected chi connectivity index (χ3v) is 7.32. The summed E-state index contributed by atoms with van der Waals surface area (Å²) in [5.74, 6) is 0. The van der Waals surface area contributed by atoms with Gasteiger partial charge in [0.2, 0.25) is 6.71 Å². The van der Waals surface area contributed by atoms with Crippen molar-refractivity contribution in [2.24, 2.45) is 0 Å². The predicted octanol–water partition coefficient (Wildman–Crippen LogP) is 5.36. The van der Waals surface area contributed by atoms with Crippen LogP contribution in [0.25, 0.3) is 11.3 Å². The number of benzene rings is 4. The van der Waals surface area contributed by atoms with Gasteiger partial charge in [-0.05, 0) is 47.1 Å². The molecular weight excluding hydrogens is 449 g/mol. The molecule has 0 aliphatic rings. The maximum absolute atomic E-state index is 4.46. The summed E-state index contributed by atoms with van der Waals surface area (Å²) in [6.45, 7) is 14.2. The number of aromatic nitrogens is 3. The van der Waals surface area contributed by atoms with Crippen molar-refractivity contribution in [1.29, 1.82) is 0 Å². The SMILES string of the molecule is Cc1cc(C)c(B(c2ccc(-c3cn(Cc4ccccc4)nn3)cc2)c2c(C)cc(C)cc2C)c(C)c1. The van der Waals surface area contributed by atoms with Gasteiger partial charge in [0.15, 0.2) is 0 Å². The fourth-order valence-electron chi connectivity index (χ4n) is 5.90. The van der Waals surface area contributed by atoms with Crippen molar-refractivity contribution in [3.8, 4) is 11.3 Å². The van der Waals surface area contributed by atoms with Gasteiger partial charge in [-0.25, -0.2) is 4.68 Å². The molecule has 0 amide bonds. The van der Waals surface area contributed by atoms with E-state index in [4.69, 9.17) is 0 Å². The third kappa shape index (κ3) is 5.15. The number of hydrogen-bond donors (Lipinski definition) is 0. The zero-order valence-corrected chi connectivity index (χ0v) is 22.7. The topological polar surface area (TPSA) is 30.7 Å². The molecule has 0 saturated heterocycles. The number of nitrogens with zero attached hydrogens (tertiary/aromatic N) is 3. The maximum Gasteiger partial charge on any atom is 0.242 e. The van der Waals surface area contributed by atoms with Gasteiger partial charge in [0, 0.05) is 5.56 Å². The van der Waals surface area contributed by atoms with E-state index in [0.717, 1.165) is 11.3 Å². The van der Waals surface area contributed by atoms with Crippen LogP contribution in [0.15, 0.2) is 85.1 Å². The van der Waals surface area contributed by atoms with E-state index in [2.05, 4.69) is 125 Å². The Morgan fingerprint density at radius 3 is 1.68 bits per heavy atom. The highest BCUT2D eigenvalue weighted by molar-refractivity contribution is 6.96. The first kappa shape index (κ1) is 24.8. The second-order valence-electron chi connectivity index (χ2n) is 10.5. The molecule has 1 aromatic heterocycles. The van der Waals surface area contributed by atoms with Crippen LogP contribution in [0.3, 0.4) is 0 Å². The quantitative estimate of drug-likeness (QED) is 0.305. The molecular formula is C33H34BN3. The molecule has 184 valence electrons. The van der Waals surface area contributed by atoms with E-state index in [1.165, 1.54) is 55.3 Å². The van der Waals surface area contributed by atoms with Gasteiger partial charge >= 0.3 is 0 Å². The molecule has 0 atom stereocenters. The number of aryl methyl sites for hydroxylation is 6. The highest BCUT2D eigenvalue weighted by atomic mass is 15.4. The minimum absolute atomic E-state index is 0.170. The molecule has 0 spiro atoms. The highest BCUT2D eigenvalue weighted by Gasteiger charge is 2.28. The maximum atomic E-state index is 4.46. The van der Waals surface area contributed by atoms with Gasteiger partial charge in [-0.2, -0.15) is 0 Å². The minimum atomic E-state index is 0.170. The Balaban J connectivity index is 1.55. The summed E-state index contributed by atoms with van der Waals surface area (Å²) < 4.78 is 1.90. The van der Waals surface area contributed by atoms with Crippen LogP contribution in [-0.2, 0) is 6.54 Å². The smallest absolute Gasteiger partial charge is 0.242 e. The zero-order valence-electron chi connectivity index (χ0n) is 22.7. The Hall–Kier alpha value is -3.92. The van der Waals surface area contributed by atoms with E-state index in [1.807, 2.05) is 16.9 Å². The molecule has 0 bridgehead atoms. The Morgan fingerprint density at radius 2 is 1.16 bits per heavy atom. The van der Waals surface area contributed by atoms with Crippen LogP contribution in [0.5, 0.6) is 0 Å². The Bertz CT molecular complexity index is 1450. The molecule has 4 heteroatoms. The molecule has 0 fully saturated rings. The van der Waals surface area contributed by atoms with E-state index < -0.39 is 0 Å². The van der Waals surface area contributed by atoms with Crippen molar-refractivity contribution in [2.75, 3.05) is 0 Å². The van der Waals surface area contributed by atoms with Crippen molar-refractivity contribution in [3.63, 3.8) is 0 Å². The molecule has 0 radical (unpaired) electrons. The van der Waals surface area contributed by atoms with Crippen LogP contribution in [0.2, 0.25) is 0 Å². The summed E-state index contributed by atoms with van der Waals surface area (Å²) >= 11 is 0. The summed E-state index contributed by atoms with van der Waals surface area (Å²) in [6, 6.07) is 28.5. The second-order valence-corrected chi connectivity index (χ2v) is 10.5. The molecule has 0 aliphatic heterocycles. The normalized spacial score (nSPS) is 11.1. The third-order valence-electron chi connectivity index (χ3n) is 7.32. The molecule has 0 saturated carbocycles. The first-order valence-corrected chi connectivity index (χ1v) is 13.0. The molecule has 1 heterocycles. The lowest BCUT2D eigenvalue weighted by molar-refractivity contribution is 0.650. The molecule has 37 heavy (non-hydrogen) atoms. The van der Waals surface area contributed by atoms with Crippen molar-refractivity contribution >= 4 is 23.1 Å². The van der Waals surface area contributed by atoms with Gasteiger partial charge < -0.3 is 0 Å². The molecule has 0 unspecified atom stereocenters. The van der Waals surface area contributed by atoms with Crippen molar-refractivity contribution in [2.45, 2.75) is 48.1 Å². The minimum Gasteiger partial charge on any atom is -0.247 e. The lowest BCUT2D eigenvalue weighted by Gasteiger charge is -2.24. The zero-order chi connectivity index (χ0) is 26.1. The predicted molar refractivity (Wildman–Crippen MR) is 157 cm³/mol. The lowest BCUT2D eigenvalue weighted by atomic mass is 9.34. The Kier molecular flexibility index (Phi) is 6.84. The average Bonchev–Trinajstić information content (AvgIpc) is 3.31. The van der Waals surface area contributed by atoms with Gasteiger partial charge in [0.25, 0.3) is 0 Å². The standard InChI is InChI=1S/C33H34BN3/c1-22-16-24(3)32(25(4)17-22)34(33-26(5)18-23(2)19-27(33)6)30-14-12-29(13-15-30)31-21-37(36-35-31)20-28-10-8-7-9-11-28/h7-19,21H,20H2,1-6H3. The summed E-state index contributed by atoms with van der Waals surface area (Å²) in [4.78, 5) is 0. The lowest BCUT2D eigenvalue weighted by Crippen LogP contribution is -2.55. The summed E-state index contributed by atoms with van der Waals surface area (Å²) in [7, 11) is 0. The van der Waals surface area contributed by atoms with Crippen LogP contribution < -0.4 is 16.4 Å². The largest absolute Gasteiger partial charge is 0.247 e. The monoisotopic (exact) mass is 483 g/mol. The molecule has 3 nitrogen and oxygen atoms in total. The van der Waals surface area contributed by atoms with E-state index in [1.54, 1.807) is 0 Å². The number of rotatable bonds is 6. The highest BCUT2D eigenvalue weighted by Crippen LogP contribution is 2.17. The van der Waals surface area contributed by atoms with Crippen LogP contribution >= 0.6 is 0 Å². The summed E-state index contributed by atoms with van der Waals surface area (Å²) in [6.07, 6.45) is 2.03. The first-order chi connectivity index (χ1) is 17.8. The Labute approximate surface area is 221 Å². The van der Waals surface area contributed by atoms with Crippen LogP contribution in [0.4, 0.5) is 0 Å². The molecule has 0 N–H and O–H groups in total.